The number of oxazole rings is 1. The Morgan fingerprint density at radius 3 is 3.00 bits per heavy atom. The molecule has 0 aliphatic carbocycles. The van der Waals surface area contributed by atoms with E-state index in [1.54, 1.807) is 6.20 Å². The second kappa shape index (κ2) is 3.03. The molecule has 5 rings (SSSR count). The zero-order valence-corrected chi connectivity index (χ0v) is 9.96. The summed E-state index contributed by atoms with van der Waals surface area (Å²) in [6, 6.07) is 12.0. The third kappa shape index (κ3) is 1.04. The van der Waals surface area contributed by atoms with Crippen LogP contribution in [0.1, 0.15) is 5.56 Å². The highest BCUT2D eigenvalue weighted by Gasteiger charge is 2.37. The topological polar surface area (TPSA) is 43.0 Å². The van der Waals surface area contributed by atoms with Gasteiger partial charge in [-0.05, 0) is 18.2 Å². The van der Waals surface area contributed by atoms with Crippen LogP contribution in [0.15, 0.2) is 51.4 Å². The molecule has 0 saturated heterocycles. The van der Waals surface area contributed by atoms with E-state index in [9.17, 15) is 0 Å². The molecule has 3 aromatic heterocycles. The Kier molecular flexibility index (Phi) is 1.49. The van der Waals surface area contributed by atoms with Gasteiger partial charge in [0.15, 0.2) is 17.6 Å². The minimum atomic E-state index is 0.554. The summed E-state index contributed by atoms with van der Waals surface area (Å²) in [7, 11) is 0. The van der Waals surface area contributed by atoms with Gasteiger partial charge in [0.2, 0.25) is 0 Å². The highest BCUT2D eigenvalue weighted by molar-refractivity contribution is 5.96. The monoisotopic (exact) mass is 249 g/mol. The molecule has 0 atom stereocenters. The van der Waals surface area contributed by atoms with Crippen molar-refractivity contribution in [2.24, 2.45) is 0 Å². The van der Waals surface area contributed by atoms with Crippen LogP contribution in [-0.2, 0) is 6.54 Å². The lowest BCUT2D eigenvalue weighted by Crippen LogP contribution is -2.30. The van der Waals surface area contributed by atoms with Crippen molar-refractivity contribution >= 4 is 22.4 Å². The lowest BCUT2D eigenvalue weighted by atomic mass is 10.1. The number of pyridine rings is 1. The van der Waals surface area contributed by atoms with Crippen LogP contribution in [0.3, 0.4) is 0 Å². The van der Waals surface area contributed by atoms with Crippen molar-refractivity contribution in [1.82, 2.24) is 4.98 Å². The predicted molar refractivity (Wildman–Crippen MR) is 68.5 cm³/mol. The standard InChI is InChI=1S/C15H9N2O2/c1-2-5-10-9(4-1)8-17-13-12-11(6-3-7-16-12)18-15(13)19-14(10)17/h1-7H,8H2/q+1. The maximum absolute atomic E-state index is 5.88. The number of furan rings is 1. The van der Waals surface area contributed by atoms with E-state index in [2.05, 4.69) is 21.7 Å². The van der Waals surface area contributed by atoms with Gasteiger partial charge < -0.3 is 8.83 Å². The van der Waals surface area contributed by atoms with Gasteiger partial charge >= 0.3 is 17.2 Å². The van der Waals surface area contributed by atoms with Crippen LogP contribution >= 0.6 is 0 Å². The summed E-state index contributed by atoms with van der Waals surface area (Å²) < 4.78 is 13.7. The molecule has 1 aromatic carbocycles. The molecule has 0 bridgehead atoms. The lowest BCUT2D eigenvalue weighted by molar-refractivity contribution is -0.648. The lowest BCUT2D eigenvalue weighted by Gasteiger charge is -1.88. The molecule has 0 unspecified atom stereocenters. The first-order valence-corrected chi connectivity index (χ1v) is 6.20. The van der Waals surface area contributed by atoms with Crippen LogP contribution in [0.4, 0.5) is 0 Å². The van der Waals surface area contributed by atoms with Gasteiger partial charge in [-0.3, -0.25) is 0 Å². The SMILES string of the molecule is c1ccc2c(c1)C[n+]1c-2oc2oc3cccnc3c21. The van der Waals surface area contributed by atoms with Crippen LogP contribution in [0.2, 0.25) is 0 Å². The van der Waals surface area contributed by atoms with Crippen molar-refractivity contribution in [3.05, 3.63) is 48.2 Å². The molecular weight excluding hydrogens is 240 g/mol. The van der Waals surface area contributed by atoms with Gasteiger partial charge in [0, 0.05) is 11.8 Å². The normalized spacial score (nSPS) is 13.1. The summed E-state index contributed by atoms with van der Waals surface area (Å²) in [6.07, 6.45) is 1.78. The summed E-state index contributed by atoms with van der Waals surface area (Å²) in [5.41, 5.74) is 4.98. The molecule has 1 aliphatic rings. The first kappa shape index (κ1) is 9.33. The molecule has 4 aromatic rings. The zero-order valence-electron chi connectivity index (χ0n) is 9.96. The third-order valence-electron chi connectivity index (χ3n) is 3.67. The van der Waals surface area contributed by atoms with Gasteiger partial charge in [-0.25, -0.2) is 4.98 Å². The average Bonchev–Trinajstić information content (AvgIpc) is 3.05. The molecule has 0 fully saturated rings. The second-order valence-corrected chi connectivity index (χ2v) is 4.74. The fourth-order valence-corrected chi connectivity index (χ4v) is 2.84. The predicted octanol–water partition coefficient (Wildman–Crippen LogP) is 2.89. The largest absolute Gasteiger partial charge is 0.418 e. The molecule has 0 amide bonds. The van der Waals surface area contributed by atoms with Crippen LogP contribution in [-0.4, -0.2) is 4.98 Å². The van der Waals surface area contributed by atoms with Gasteiger partial charge in [-0.15, -0.1) is 4.57 Å². The number of benzene rings is 1. The zero-order chi connectivity index (χ0) is 12.4. The molecular formula is C15H9N2O2+. The van der Waals surface area contributed by atoms with Gasteiger partial charge in [0.05, 0.1) is 5.56 Å². The van der Waals surface area contributed by atoms with Gasteiger partial charge in [-0.2, -0.15) is 0 Å². The summed E-state index contributed by atoms with van der Waals surface area (Å²) in [5, 5.41) is 0. The molecule has 0 N–H and O–H groups in total. The number of nitrogens with zero attached hydrogens (tertiary/aromatic N) is 2. The number of rotatable bonds is 0. The smallest absolute Gasteiger partial charge is 0.384 e. The molecule has 0 saturated carbocycles. The van der Waals surface area contributed by atoms with E-state index < -0.39 is 0 Å². The van der Waals surface area contributed by atoms with Crippen LogP contribution < -0.4 is 4.57 Å². The van der Waals surface area contributed by atoms with Crippen LogP contribution in [0, 0.1) is 0 Å². The number of hydrogen-bond donors (Lipinski definition) is 0. The van der Waals surface area contributed by atoms with Crippen molar-refractivity contribution in [2.45, 2.75) is 6.54 Å². The van der Waals surface area contributed by atoms with Crippen molar-refractivity contribution in [1.29, 1.82) is 0 Å². The summed E-state index contributed by atoms with van der Waals surface area (Å²) >= 11 is 0. The van der Waals surface area contributed by atoms with Crippen molar-refractivity contribution in [3.63, 3.8) is 0 Å². The Balaban J connectivity index is 1.94. The maximum Gasteiger partial charge on any atom is 0.384 e. The fourth-order valence-electron chi connectivity index (χ4n) is 2.84. The van der Waals surface area contributed by atoms with Crippen molar-refractivity contribution in [2.75, 3.05) is 0 Å². The summed E-state index contributed by atoms with van der Waals surface area (Å²) in [6.45, 7) is 0.809. The fraction of sp³-hybridized carbons (Fsp3) is 0.0667. The van der Waals surface area contributed by atoms with E-state index in [4.69, 9.17) is 8.83 Å². The molecule has 90 valence electrons. The van der Waals surface area contributed by atoms with E-state index in [0.29, 0.717) is 5.78 Å². The van der Waals surface area contributed by atoms with E-state index in [-0.39, 0.29) is 0 Å². The quantitative estimate of drug-likeness (QED) is 0.396. The summed E-state index contributed by atoms with van der Waals surface area (Å²) in [4.78, 5) is 4.41. The highest BCUT2D eigenvalue weighted by atomic mass is 16.5. The van der Waals surface area contributed by atoms with Gasteiger partial charge in [-0.1, -0.05) is 18.2 Å². The highest BCUT2D eigenvalue weighted by Crippen LogP contribution is 2.34. The molecule has 4 nitrogen and oxygen atoms in total. The first-order valence-electron chi connectivity index (χ1n) is 6.20. The Hall–Kier alpha value is -2.62. The minimum absolute atomic E-state index is 0.554. The second-order valence-electron chi connectivity index (χ2n) is 4.74. The average molecular weight is 249 g/mol. The van der Waals surface area contributed by atoms with Crippen LogP contribution in [0.5, 0.6) is 0 Å². The van der Waals surface area contributed by atoms with E-state index in [1.807, 2.05) is 24.3 Å². The Bertz CT molecular complexity index is 949. The molecule has 4 heteroatoms. The molecule has 1 aliphatic heterocycles. The van der Waals surface area contributed by atoms with E-state index in [1.165, 1.54) is 5.56 Å². The summed E-state index contributed by atoms with van der Waals surface area (Å²) in [5.74, 6) is 1.41. The number of fused-ring (bicyclic) bond motifs is 7. The molecule has 0 radical (unpaired) electrons. The van der Waals surface area contributed by atoms with Crippen molar-refractivity contribution in [3.8, 4) is 11.5 Å². The van der Waals surface area contributed by atoms with E-state index in [0.717, 1.165) is 34.6 Å². The van der Waals surface area contributed by atoms with Crippen LogP contribution in [0.25, 0.3) is 33.9 Å². The third-order valence-corrected chi connectivity index (χ3v) is 3.67. The van der Waals surface area contributed by atoms with E-state index >= 15 is 0 Å². The van der Waals surface area contributed by atoms with Gasteiger partial charge in [0.1, 0.15) is 0 Å². The molecule has 0 spiro atoms. The minimum Gasteiger partial charge on any atom is -0.418 e. The Labute approximate surface area is 107 Å². The Morgan fingerprint density at radius 1 is 1.05 bits per heavy atom. The maximum atomic E-state index is 5.88. The van der Waals surface area contributed by atoms with Gasteiger partial charge in [0.25, 0.3) is 0 Å². The number of aromatic nitrogens is 2. The first-order chi connectivity index (χ1) is 9.42. The Morgan fingerprint density at radius 2 is 2.00 bits per heavy atom. The van der Waals surface area contributed by atoms with Crippen molar-refractivity contribution < 1.29 is 13.4 Å². The molecule has 4 heterocycles. The molecule has 19 heavy (non-hydrogen) atoms. The number of hydrogen-bond acceptors (Lipinski definition) is 3.